The van der Waals surface area contributed by atoms with Crippen molar-refractivity contribution in [3.63, 3.8) is 0 Å². The molecule has 0 atom stereocenters. The van der Waals surface area contributed by atoms with Crippen LogP contribution in [0.5, 0.6) is 0 Å². The lowest BCUT2D eigenvalue weighted by Gasteiger charge is -2.17. The van der Waals surface area contributed by atoms with Crippen LogP contribution in [0.1, 0.15) is 11.1 Å². The summed E-state index contributed by atoms with van der Waals surface area (Å²) in [5.41, 5.74) is 2.66. The molecule has 5 nitrogen and oxygen atoms in total. The number of fused-ring (bicyclic) bond motifs is 1. The van der Waals surface area contributed by atoms with Gasteiger partial charge in [0, 0.05) is 11.9 Å². The van der Waals surface area contributed by atoms with Crippen molar-refractivity contribution >= 4 is 27.1 Å². The summed E-state index contributed by atoms with van der Waals surface area (Å²) in [6, 6.07) is 13.4. The monoisotopic (exact) mass is 312 g/mol. The molecule has 2 aromatic rings. The van der Waals surface area contributed by atoms with Gasteiger partial charge >= 0.3 is 0 Å². The Bertz CT molecular complexity index is 909. The molecular weight excluding hydrogens is 300 g/mol. The summed E-state index contributed by atoms with van der Waals surface area (Å²) >= 11 is 0. The van der Waals surface area contributed by atoms with E-state index < -0.39 is 9.84 Å². The van der Waals surface area contributed by atoms with Crippen molar-refractivity contribution in [2.24, 2.45) is 0 Å². The van der Waals surface area contributed by atoms with Gasteiger partial charge in [0.1, 0.15) is 0 Å². The van der Waals surface area contributed by atoms with Crippen molar-refractivity contribution in [3.8, 4) is 6.07 Å². The highest BCUT2D eigenvalue weighted by atomic mass is 32.2. The number of benzene rings is 2. The SMILES string of the molecule is CS(=O)(=O)c1ccc(N2C(=O)Cc3cc(C#N)ccc32)cc1. The van der Waals surface area contributed by atoms with Crippen molar-refractivity contribution in [1.82, 2.24) is 0 Å². The summed E-state index contributed by atoms with van der Waals surface area (Å²) in [6.45, 7) is 0. The van der Waals surface area contributed by atoms with E-state index >= 15 is 0 Å². The molecule has 3 rings (SSSR count). The number of sulfone groups is 1. The van der Waals surface area contributed by atoms with Gasteiger partial charge in [0.25, 0.3) is 0 Å². The van der Waals surface area contributed by atoms with Gasteiger partial charge in [-0.15, -0.1) is 0 Å². The third kappa shape index (κ3) is 2.36. The van der Waals surface area contributed by atoms with E-state index in [0.717, 1.165) is 17.5 Å². The molecule has 1 aliphatic rings. The van der Waals surface area contributed by atoms with Crippen molar-refractivity contribution in [1.29, 1.82) is 5.26 Å². The summed E-state index contributed by atoms with van der Waals surface area (Å²) < 4.78 is 23.0. The van der Waals surface area contributed by atoms with Crippen LogP contribution in [-0.2, 0) is 21.1 Å². The highest BCUT2D eigenvalue weighted by Gasteiger charge is 2.28. The largest absolute Gasteiger partial charge is 0.280 e. The molecule has 0 radical (unpaired) electrons. The molecule has 0 N–H and O–H groups in total. The summed E-state index contributed by atoms with van der Waals surface area (Å²) in [5, 5.41) is 8.92. The lowest BCUT2D eigenvalue weighted by atomic mass is 10.1. The second-order valence-electron chi connectivity index (χ2n) is 5.13. The zero-order chi connectivity index (χ0) is 15.9. The Labute approximate surface area is 128 Å². The summed E-state index contributed by atoms with van der Waals surface area (Å²) in [4.78, 5) is 14.0. The lowest BCUT2D eigenvalue weighted by molar-refractivity contribution is -0.116. The highest BCUT2D eigenvalue weighted by Crippen LogP contribution is 2.36. The number of hydrogen-bond donors (Lipinski definition) is 0. The molecule has 6 heteroatoms. The van der Waals surface area contributed by atoms with Gasteiger partial charge in [-0.2, -0.15) is 5.26 Å². The Morgan fingerprint density at radius 3 is 2.41 bits per heavy atom. The first kappa shape index (κ1) is 14.3. The fourth-order valence-corrected chi connectivity index (χ4v) is 3.15. The number of amides is 1. The van der Waals surface area contributed by atoms with Gasteiger partial charge in [-0.1, -0.05) is 0 Å². The molecule has 0 saturated heterocycles. The van der Waals surface area contributed by atoms with Gasteiger partial charge in [-0.25, -0.2) is 8.42 Å². The zero-order valence-corrected chi connectivity index (χ0v) is 12.6. The molecule has 0 saturated carbocycles. The summed E-state index contributed by atoms with van der Waals surface area (Å²) in [6.07, 6.45) is 1.38. The average molecular weight is 312 g/mol. The van der Waals surface area contributed by atoms with Gasteiger partial charge in [-0.3, -0.25) is 9.69 Å². The quantitative estimate of drug-likeness (QED) is 0.851. The fourth-order valence-electron chi connectivity index (χ4n) is 2.52. The first-order valence-electron chi connectivity index (χ1n) is 6.56. The van der Waals surface area contributed by atoms with Gasteiger partial charge < -0.3 is 0 Å². The average Bonchev–Trinajstić information content (AvgIpc) is 2.81. The van der Waals surface area contributed by atoms with Crippen LogP contribution in [-0.4, -0.2) is 20.6 Å². The van der Waals surface area contributed by atoms with E-state index in [1.807, 2.05) is 0 Å². The summed E-state index contributed by atoms with van der Waals surface area (Å²) in [5.74, 6) is -0.0998. The number of nitriles is 1. The van der Waals surface area contributed by atoms with Crippen molar-refractivity contribution in [3.05, 3.63) is 53.6 Å². The van der Waals surface area contributed by atoms with Crippen LogP contribution >= 0.6 is 0 Å². The first-order chi connectivity index (χ1) is 10.4. The maximum atomic E-state index is 12.2. The molecule has 0 unspecified atom stereocenters. The molecule has 0 spiro atoms. The van der Waals surface area contributed by atoms with Crippen molar-refractivity contribution in [2.45, 2.75) is 11.3 Å². The molecule has 1 heterocycles. The molecule has 0 aliphatic carbocycles. The predicted molar refractivity (Wildman–Crippen MR) is 81.6 cm³/mol. The second-order valence-corrected chi connectivity index (χ2v) is 7.14. The molecule has 0 aromatic heterocycles. The second kappa shape index (κ2) is 4.97. The number of hydrogen-bond acceptors (Lipinski definition) is 4. The van der Waals surface area contributed by atoms with E-state index in [-0.39, 0.29) is 17.2 Å². The number of anilines is 2. The maximum Gasteiger partial charge on any atom is 0.236 e. The van der Waals surface area contributed by atoms with Crippen LogP contribution in [0.25, 0.3) is 0 Å². The van der Waals surface area contributed by atoms with Gasteiger partial charge in [0.2, 0.25) is 5.91 Å². The predicted octanol–water partition coefficient (Wildman–Crippen LogP) is 2.18. The van der Waals surface area contributed by atoms with Crippen LogP contribution in [0.4, 0.5) is 11.4 Å². The molecule has 0 fully saturated rings. The number of carbonyl (C=O) groups is 1. The standard InChI is InChI=1S/C16H12N2O3S/c1-22(20,21)14-5-3-13(4-6-14)18-15-7-2-11(10-17)8-12(15)9-16(18)19/h2-8H,9H2,1H3. The van der Waals surface area contributed by atoms with Gasteiger partial charge in [0.05, 0.1) is 28.6 Å². The van der Waals surface area contributed by atoms with E-state index in [2.05, 4.69) is 6.07 Å². The van der Waals surface area contributed by atoms with Crippen LogP contribution < -0.4 is 4.90 Å². The third-order valence-corrected chi connectivity index (χ3v) is 4.69. The lowest BCUT2D eigenvalue weighted by Crippen LogP contribution is -2.20. The van der Waals surface area contributed by atoms with E-state index in [9.17, 15) is 13.2 Å². The van der Waals surface area contributed by atoms with Gasteiger partial charge in [0.15, 0.2) is 9.84 Å². The third-order valence-electron chi connectivity index (χ3n) is 3.56. The Balaban J connectivity index is 2.04. The van der Waals surface area contributed by atoms with Crippen LogP contribution in [0.2, 0.25) is 0 Å². The van der Waals surface area contributed by atoms with Crippen LogP contribution in [0, 0.1) is 11.3 Å². The minimum atomic E-state index is -3.27. The Morgan fingerprint density at radius 1 is 1.14 bits per heavy atom. The topological polar surface area (TPSA) is 78.2 Å². The minimum absolute atomic E-state index is 0.0998. The molecule has 0 bridgehead atoms. The molecule has 2 aromatic carbocycles. The van der Waals surface area contributed by atoms with Crippen molar-refractivity contribution in [2.75, 3.05) is 11.2 Å². The Kier molecular flexibility index (Phi) is 3.23. The minimum Gasteiger partial charge on any atom is -0.280 e. The van der Waals surface area contributed by atoms with Gasteiger partial charge in [-0.05, 0) is 48.0 Å². The van der Waals surface area contributed by atoms with E-state index in [1.54, 1.807) is 35.2 Å². The molecule has 22 heavy (non-hydrogen) atoms. The molecular formula is C16H12N2O3S. The van der Waals surface area contributed by atoms with Crippen molar-refractivity contribution < 1.29 is 13.2 Å². The molecule has 1 aliphatic heterocycles. The fraction of sp³-hybridized carbons (Fsp3) is 0.125. The van der Waals surface area contributed by atoms with E-state index in [4.69, 9.17) is 5.26 Å². The van der Waals surface area contributed by atoms with Crippen LogP contribution in [0.3, 0.4) is 0 Å². The number of rotatable bonds is 2. The summed E-state index contributed by atoms with van der Waals surface area (Å²) in [7, 11) is -3.27. The zero-order valence-electron chi connectivity index (χ0n) is 11.8. The van der Waals surface area contributed by atoms with Crippen LogP contribution in [0.15, 0.2) is 47.4 Å². The number of carbonyl (C=O) groups excluding carboxylic acids is 1. The maximum absolute atomic E-state index is 12.2. The normalized spacial score (nSPS) is 13.8. The molecule has 1 amide bonds. The molecule has 110 valence electrons. The smallest absolute Gasteiger partial charge is 0.236 e. The number of nitrogens with zero attached hydrogens (tertiary/aromatic N) is 2. The van der Waals surface area contributed by atoms with E-state index in [1.165, 1.54) is 12.1 Å². The Morgan fingerprint density at radius 2 is 1.82 bits per heavy atom. The Hall–Kier alpha value is -2.65. The first-order valence-corrected chi connectivity index (χ1v) is 8.45. The highest BCUT2D eigenvalue weighted by molar-refractivity contribution is 7.90. The van der Waals surface area contributed by atoms with E-state index in [0.29, 0.717) is 11.3 Å².